The molecule has 0 amide bonds. The van der Waals surface area contributed by atoms with Gasteiger partial charge in [0.25, 0.3) is 0 Å². The summed E-state index contributed by atoms with van der Waals surface area (Å²) in [5.41, 5.74) is -0.390. The second kappa shape index (κ2) is 4.51. The topological polar surface area (TPSA) is 60.2 Å². The Hall–Kier alpha value is -0.940. The highest BCUT2D eigenvalue weighted by molar-refractivity contribution is 5.06. The van der Waals surface area contributed by atoms with E-state index in [2.05, 4.69) is 29.3 Å². The molecule has 1 saturated heterocycles. The molecule has 1 N–H and O–H groups in total. The zero-order chi connectivity index (χ0) is 11.6. The van der Waals surface area contributed by atoms with Gasteiger partial charge in [-0.1, -0.05) is 19.0 Å². The first kappa shape index (κ1) is 11.5. The molecule has 16 heavy (non-hydrogen) atoms. The Morgan fingerprint density at radius 2 is 2.12 bits per heavy atom. The van der Waals surface area contributed by atoms with E-state index in [1.54, 1.807) is 7.11 Å². The molecular weight excluding hydrogens is 206 g/mol. The van der Waals surface area contributed by atoms with Crippen LogP contribution in [0, 0.1) is 0 Å². The van der Waals surface area contributed by atoms with Gasteiger partial charge >= 0.3 is 0 Å². The van der Waals surface area contributed by atoms with Gasteiger partial charge in [-0.2, -0.15) is 4.98 Å². The summed E-state index contributed by atoms with van der Waals surface area (Å²) in [6, 6.07) is 0. The van der Waals surface area contributed by atoms with Crippen LogP contribution >= 0.6 is 0 Å². The zero-order valence-corrected chi connectivity index (χ0v) is 10.1. The second-order valence-electron chi connectivity index (χ2n) is 4.22. The van der Waals surface area contributed by atoms with Crippen LogP contribution in [-0.4, -0.2) is 30.3 Å². The van der Waals surface area contributed by atoms with E-state index in [4.69, 9.17) is 9.26 Å². The minimum Gasteiger partial charge on any atom is -0.370 e. The SMILES string of the molecule is CCC(CC)(OC)c1noc(C2CNC2)n1. The largest absolute Gasteiger partial charge is 0.370 e. The lowest BCUT2D eigenvalue weighted by molar-refractivity contribution is -0.0306. The van der Waals surface area contributed by atoms with Gasteiger partial charge < -0.3 is 14.6 Å². The summed E-state index contributed by atoms with van der Waals surface area (Å²) in [4.78, 5) is 4.47. The van der Waals surface area contributed by atoms with Crippen LogP contribution in [0.25, 0.3) is 0 Å². The number of methoxy groups -OCH3 is 1. The molecule has 0 aromatic carbocycles. The van der Waals surface area contributed by atoms with Crippen LogP contribution in [0.5, 0.6) is 0 Å². The van der Waals surface area contributed by atoms with Crippen molar-refractivity contribution >= 4 is 0 Å². The summed E-state index contributed by atoms with van der Waals surface area (Å²) in [7, 11) is 1.70. The molecule has 1 fully saturated rings. The molecular formula is C11H19N3O2. The molecule has 2 heterocycles. The van der Waals surface area contributed by atoms with Gasteiger partial charge in [0.2, 0.25) is 11.7 Å². The van der Waals surface area contributed by atoms with E-state index in [0.29, 0.717) is 11.7 Å². The van der Waals surface area contributed by atoms with Crippen molar-refractivity contribution in [1.82, 2.24) is 15.5 Å². The fourth-order valence-electron chi connectivity index (χ4n) is 2.00. The number of nitrogens with one attached hydrogen (secondary N) is 1. The molecule has 0 aliphatic carbocycles. The van der Waals surface area contributed by atoms with Crippen LogP contribution < -0.4 is 5.32 Å². The van der Waals surface area contributed by atoms with Gasteiger partial charge in [0, 0.05) is 20.2 Å². The average Bonchev–Trinajstić information content (AvgIpc) is 2.69. The van der Waals surface area contributed by atoms with Crippen molar-refractivity contribution in [2.24, 2.45) is 0 Å². The Balaban J connectivity index is 2.21. The number of hydrogen-bond donors (Lipinski definition) is 1. The van der Waals surface area contributed by atoms with Gasteiger partial charge in [-0.25, -0.2) is 0 Å². The maximum absolute atomic E-state index is 5.57. The van der Waals surface area contributed by atoms with E-state index in [0.717, 1.165) is 31.8 Å². The molecule has 5 heteroatoms. The Labute approximate surface area is 95.6 Å². The fraction of sp³-hybridized carbons (Fsp3) is 0.818. The van der Waals surface area contributed by atoms with Gasteiger partial charge in [0.05, 0.1) is 5.92 Å². The Morgan fingerprint density at radius 1 is 1.44 bits per heavy atom. The number of aromatic nitrogens is 2. The van der Waals surface area contributed by atoms with Crippen molar-refractivity contribution in [3.63, 3.8) is 0 Å². The van der Waals surface area contributed by atoms with Gasteiger partial charge in [-0.05, 0) is 12.8 Å². The molecule has 0 unspecified atom stereocenters. The van der Waals surface area contributed by atoms with E-state index < -0.39 is 0 Å². The maximum atomic E-state index is 5.57. The molecule has 5 nitrogen and oxygen atoms in total. The Bertz CT molecular complexity index is 334. The highest BCUT2D eigenvalue weighted by atomic mass is 16.5. The molecule has 0 radical (unpaired) electrons. The Kier molecular flexibility index (Phi) is 3.25. The number of ether oxygens (including phenoxy) is 1. The van der Waals surface area contributed by atoms with E-state index >= 15 is 0 Å². The van der Waals surface area contributed by atoms with Gasteiger partial charge in [0.15, 0.2) is 0 Å². The molecule has 2 rings (SSSR count). The van der Waals surface area contributed by atoms with Crippen LogP contribution in [0.2, 0.25) is 0 Å². The van der Waals surface area contributed by atoms with Crippen molar-refractivity contribution in [3.8, 4) is 0 Å². The van der Waals surface area contributed by atoms with Gasteiger partial charge in [-0.15, -0.1) is 0 Å². The molecule has 1 aromatic rings. The summed E-state index contributed by atoms with van der Waals surface area (Å²) in [5.74, 6) is 1.79. The second-order valence-corrected chi connectivity index (χ2v) is 4.22. The molecule has 1 aromatic heterocycles. The minimum absolute atomic E-state index is 0.379. The lowest BCUT2D eigenvalue weighted by Crippen LogP contribution is -2.40. The fourth-order valence-corrected chi connectivity index (χ4v) is 2.00. The lowest BCUT2D eigenvalue weighted by Gasteiger charge is -2.26. The van der Waals surface area contributed by atoms with E-state index in [1.807, 2.05) is 0 Å². The smallest absolute Gasteiger partial charge is 0.232 e. The first-order valence-corrected chi connectivity index (χ1v) is 5.85. The summed E-state index contributed by atoms with van der Waals surface area (Å²) in [6.45, 7) is 6.02. The standard InChI is InChI=1S/C11H19N3O2/c1-4-11(5-2,15-3)10-13-9(16-14-10)8-6-12-7-8/h8,12H,4-7H2,1-3H3. The monoisotopic (exact) mass is 225 g/mol. The third-order valence-electron chi connectivity index (χ3n) is 3.51. The molecule has 0 saturated carbocycles. The Morgan fingerprint density at radius 3 is 2.56 bits per heavy atom. The summed E-state index contributed by atoms with van der Waals surface area (Å²) in [6.07, 6.45) is 1.70. The van der Waals surface area contributed by atoms with Crippen molar-refractivity contribution in [1.29, 1.82) is 0 Å². The molecule has 90 valence electrons. The van der Waals surface area contributed by atoms with E-state index in [1.165, 1.54) is 0 Å². The summed E-state index contributed by atoms with van der Waals surface area (Å²) in [5, 5.41) is 7.26. The molecule has 0 atom stereocenters. The van der Waals surface area contributed by atoms with Gasteiger partial charge in [0.1, 0.15) is 5.60 Å². The van der Waals surface area contributed by atoms with Gasteiger partial charge in [-0.3, -0.25) is 0 Å². The molecule has 1 aliphatic heterocycles. The third-order valence-corrected chi connectivity index (χ3v) is 3.51. The van der Waals surface area contributed by atoms with Crippen molar-refractivity contribution in [2.75, 3.05) is 20.2 Å². The normalized spacial score (nSPS) is 17.4. The van der Waals surface area contributed by atoms with Crippen LogP contribution in [-0.2, 0) is 10.3 Å². The lowest BCUT2D eigenvalue weighted by atomic mass is 9.96. The van der Waals surface area contributed by atoms with Crippen LogP contribution in [0.3, 0.4) is 0 Å². The van der Waals surface area contributed by atoms with Crippen molar-refractivity contribution < 1.29 is 9.26 Å². The third kappa shape index (κ3) is 1.74. The number of hydrogen-bond acceptors (Lipinski definition) is 5. The highest BCUT2D eigenvalue weighted by Crippen LogP contribution is 2.31. The van der Waals surface area contributed by atoms with Crippen LogP contribution in [0.4, 0.5) is 0 Å². The number of nitrogens with zero attached hydrogens (tertiary/aromatic N) is 2. The van der Waals surface area contributed by atoms with E-state index in [-0.39, 0.29) is 5.60 Å². The molecule has 0 spiro atoms. The molecule has 0 bridgehead atoms. The number of rotatable bonds is 5. The average molecular weight is 225 g/mol. The maximum Gasteiger partial charge on any atom is 0.232 e. The van der Waals surface area contributed by atoms with E-state index in [9.17, 15) is 0 Å². The van der Waals surface area contributed by atoms with Crippen molar-refractivity contribution in [3.05, 3.63) is 11.7 Å². The molecule has 1 aliphatic rings. The minimum atomic E-state index is -0.390. The highest BCUT2D eigenvalue weighted by Gasteiger charge is 2.35. The first-order valence-electron chi connectivity index (χ1n) is 5.85. The van der Waals surface area contributed by atoms with Crippen molar-refractivity contribution in [2.45, 2.75) is 38.2 Å². The van der Waals surface area contributed by atoms with Crippen LogP contribution in [0.15, 0.2) is 4.52 Å². The summed E-state index contributed by atoms with van der Waals surface area (Å²) < 4.78 is 10.9. The predicted molar refractivity (Wildman–Crippen MR) is 59.2 cm³/mol. The summed E-state index contributed by atoms with van der Waals surface area (Å²) >= 11 is 0. The first-order chi connectivity index (χ1) is 7.75. The van der Waals surface area contributed by atoms with Crippen LogP contribution in [0.1, 0.15) is 44.3 Å². The predicted octanol–water partition coefficient (Wildman–Crippen LogP) is 1.42. The zero-order valence-electron chi connectivity index (χ0n) is 10.1. The quantitative estimate of drug-likeness (QED) is 0.821.